The fraction of sp³-hybridized carbons (Fsp3) is 0.188. The molecule has 2 atom stereocenters. The van der Waals surface area contributed by atoms with Crippen LogP contribution in [0, 0.1) is 11.3 Å². The molecule has 0 fully saturated rings. The third kappa shape index (κ3) is 3.27. The van der Waals surface area contributed by atoms with Gasteiger partial charge in [-0.15, -0.1) is 0 Å². The molecule has 0 heterocycles. The van der Waals surface area contributed by atoms with Crippen LogP contribution in [0.15, 0.2) is 54.6 Å². The lowest BCUT2D eigenvalue weighted by Crippen LogP contribution is -2.24. The molecule has 0 aliphatic heterocycles. The van der Waals surface area contributed by atoms with Crippen LogP contribution in [-0.4, -0.2) is 6.04 Å². The summed E-state index contributed by atoms with van der Waals surface area (Å²) < 4.78 is 0. The van der Waals surface area contributed by atoms with E-state index in [0.717, 1.165) is 11.3 Å². The molecule has 0 aliphatic rings. The summed E-state index contributed by atoms with van der Waals surface area (Å²) in [5.41, 5.74) is 1.92. The third-order valence-electron chi connectivity index (χ3n) is 3.15. The van der Waals surface area contributed by atoms with E-state index in [2.05, 4.69) is 11.4 Å². The molecule has 2 unspecified atom stereocenters. The molecule has 2 aromatic rings. The molecule has 19 heavy (non-hydrogen) atoms. The van der Waals surface area contributed by atoms with E-state index in [0.29, 0.717) is 5.02 Å². The average molecular weight is 271 g/mol. The summed E-state index contributed by atoms with van der Waals surface area (Å²) in [5.74, 6) is 0.0856. The smallest absolute Gasteiger partial charge is 0.121 e. The second-order valence-corrected chi connectivity index (χ2v) is 4.84. The Kier molecular flexibility index (Phi) is 4.43. The first-order chi connectivity index (χ1) is 9.22. The molecule has 96 valence electrons. The number of hydrogen-bond donors (Lipinski definition) is 1. The number of anilines is 1. The van der Waals surface area contributed by atoms with Crippen molar-refractivity contribution in [3.8, 4) is 6.07 Å². The minimum atomic E-state index is -0.317. The van der Waals surface area contributed by atoms with Gasteiger partial charge in [-0.3, -0.25) is 0 Å². The van der Waals surface area contributed by atoms with Crippen molar-refractivity contribution >= 4 is 17.3 Å². The van der Waals surface area contributed by atoms with Gasteiger partial charge in [0.05, 0.1) is 16.8 Å². The van der Waals surface area contributed by atoms with Crippen LogP contribution < -0.4 is 5.32 Å². The summed E-state index contributed by atoms with van der Waals surface area (Å²) in [4.78, 5) is 0. The molecule has 2 rings (SSSR count). The Hall–Kier alpha value is -1.98. The summed E-state index contributed by atoms with van der Waals surface area (Å²) in [6, 6.07) is 19.4. The lowest BCUT2D eigenvalue weighted by molar-refractivity contribution is 0.710. The molecular formula is C16H15ClN2. The third-order valence-corrected chi connectivity index (χ3v) is 3.48. The molecule has 0 saturated carbocycles. The van der Waals surface area contributed by atoms with Gasteiger partial charge in [-0.1, -0.05) is 61.0 Å². The van der Waals surface area contributed by atoms with Crippen molar-refractivity contribution < 1.29 is 0 Å². The number of rotatable bonds is 4. The highest BCUT2D eigenvalue weighted by molar-refractivity contribution is 6.33. The zero-order valence-corrected chi connectivity index (χ0v) is 11.4. The standard InChI is InChI=1S/C16H15ClN2/c1-12(13-7-3-2-4-8-13)16(11-18)19-15-10-6-5-9-14(15)17/h2-10,12,16,19H,1H3. The van der Waals surface area contributed by atoms with E-state index in [1.54, 1.807) is 0 Å². The maximum absolute atomic E-state index is 9.35. The number of halogens is 1. The molecule has 0 bridgehead atoms. The van der Waals surface area contributed by atoms with E-state index in [9.17, 15) is 5.26 Å². The Morgan fingerprint density at radius 2 is 1.68 bits per heavy atom. The molecule has 2 aromatic carbocycles. The molecule has 0 aliphatic carbocycles. The lowest BCUT2D eigenvalue weighted by atomic mass is 9.94. The minimum absolute atomic E-state index is 0.0856. The van der Waals surface area contributed by atoms with E-state index >= 15 is 0 Å². The van der Waals surface area contributed by atoms with Gasteiger partial charge in [0.15, 0.2) is 0 Å². The number of hydrogen-bond acceptors (Lipinski definition) is 2. The molecule has 1 N–H and O–H groups in total. The summed E-state index contributed by atoms with van der Waals surface area (Å²) in [6.45, 7) is 2.03. The van der Waals surface area contributed by atoms with Crippen LogP contribution in [0.4, 0.5) is 5.69 Å². The Morgan fingerprint density at radius 3 is 2.32 bits per heavy atom. The molecule has 3 heteroatoms. The zero-order chi connectivity index (χ0) is 13.7. The fourth-order valence-electron chi connectivity index (χ4n) is 1.96. The summed E-state index contributed by atoms with van der Waals surface area (Å²) in [6.07, 6.45) is 0. The summed E-state index contributed by atoms with van der Waals surface area (Å²) in [7, 11) is 0. The molecule has 0 spiro atoms. The van der Waals surface area contributed by atoms with E-state index in [1.165, 1.54) is 0 Å². The average Bonchev–Trinajstić information content (AvgIpc) is 2.47. The van der Waals surface area contributed by atoms with Crippen molar-refractivity contribution in [1.82, 2.24) is 0 Å². The zero-order valence-electron chi connectivity index (χ0n) is 10.7. The topological polar surface area (TPSA) is 35.8 Å². The largest absolute Gasteiger partial charge is 0.368 e. The number of nitrogens with zero attached hydrogens (tertiary/aromatic N) is 1. The van der Waals surface area contributed by atoms with Crippen LogP contribution in [0.5, 0.6) is 0 Å². The summed E-state index contributed by atoms with van der Waals surface area (Å²) >= 11 is 6.10. The maximum atomic E-state index is 9.35. The SMILES string of the molecule is CC(c1ccccc1)C(C#N)Nc1ccccc1Cl. The number of nitriles is 1. The molecule has 0 amide bonds. The van der Waals surface area contributed by atoms with Gasteiger partial charge in [0.1, 0.15) is 6.04 Å². The van der Waals surface area contributed by atoms with Gasteiger partial charge >= 0.3 is 0 Å². The Balaban J connectivity index is 2.18. The van der Waals surface area contributed by atoms with Crippen molar-refractivity contribution in [2.24, 2.45) is 0 Å². The van der Waals surface area contributed by atoms with Gasteiger partial charge in [0, 0.05) is 5.92 Å². The first-order valence-electron chi connectivity index (χ1n) is 6.18. The van der Waals surface area contributed by atoms with Crippen LogP contribution in [-0.2, 0) is 0 Å². The Morgan fingerprint density at radius 1 is 1.05 bits per heavy atom. The lowest BCUT2D eigenvalue weighted by Gasteiger charge is -2.21. The van der Waals surface area contributed by atoms with Gasteiger partial charge in [-0.2, -0.15) is 5.26 Å². The first kappa shape index (κ1) is 13.5. The monoisotopic (exact) mass is 270 g/mol. The minimum Gasteiger partial charge on any atom is -0.368 e. The highest BCUT2D eigenvalue weighted by Crippen LogP contribution is 2.26. The van der Waals surface area contributed by atoms with E-state index in [1.807, 2.05) is 61.5 Å². The highest BCUT2D eigenvalue weighted by Gasteiger charge is 2.18. The molecule has 0 aromatic heterocycles. The summed E-state index contributed by atoms with van der Waals surface area (Å²) in [5, 5.41) is 13.2. The van der Waals surface area contributed by atoms with Crippen LogP contribution in [0.3, 0.4) is 0 Å². The predicted octanol–water partition coefficient (Wildman–Crippen LogP) is 4.45. The van der Waals surface area contributed by atoms with Gasteiger partial charge in [-0.25, -0.2) is 0 Å². The second-order valence-electron chi connectivity index (χ2n) is 4.43. The maximum Gasteiger partial charge on any atom is 0.121 e. The van der Waals surface area contributed by atoms with Gasteiger partial charge in [0.2, 0.25) is 0 Å². The molecule has 0 radical (unpaired) electrons. The van der Waals surface area contributed by atoms with Crippen molar-refractivity contribution in [3.05, 3.63) is 65.2 Å². The van der Waals surface area contributed by atoms with E-state index in [-0.39, 0.29) is 12.0 Å². The van der Waals surface area contributed by atoms with Crippen molar-refractivity contribution in [2.75, 3.05) is 5.32 Å². The fourth-order valence-corrected chi connectivity index (χ4v) is 2.15. The Labute approximate surface area is 118 Å². The van der Waals surface area contributed by atoms with Crippen LogP contribution in [0.2, 0.25) is 5.02 Å². The first-order valence-corrected chi connectivity index (χ1v) is 6.56. The van der Waals surface area contributed by atoms with Crippen LogP contribution in [0.1, 0.15) is 18.4 Å². The molecule has 0 saturated heterocycles. The highest BCUT2D eigenvalue weighted by atomic mass is 35.5. The number of benzene rings is 2. The normalized spacial score (nSPS) is 13.3. The Bertz CT molecular complexity index is 575. The van der Waals surface area contributed by atoms with E-state index in [4.69, 9.17) is 11.6 Å². The van der Waals surface area contributed by atoms with Crippen molar-refractivity contribution in [2.45, 2.75) is 18.9 Å². The van der Waals surface area contributed by atoms with Gasteiger partial charge < -0.3 is 5.32 Å². The molecule has 2 nitrogen and oxygen atoms in total. The predicted molar refractivity (Wildman–Crippen MR) is 79.3 cm³/mol. The van der Waals surface area contributed by atoms with Crippen molar-refractivity contribution in [3.63, 3.8) is 0 Å². The van der Waals surface area contributed by atoms with Crippen LogP contribution >= 0.6 is 11.6 Å². The second kappa shape index (κ2) is 6.26. The molecular weight excluding hydrogens is 256 g/mol. The van der Waals surface area contributed by atoms with E-state index < -0.39 is 0 Å². The van der Waals surface area contributed by atoms with Gasteiger partial charge in [-0.05, 0) is 17.7 Å². The number of para-hydroxylation sites is 1. The quantitative estimate of drug-likeness (QED) is 0.891. The van der Waals surface area contributed by atoms with Crippen LogP contribution in [0.25, 0.3) is 0 Å². The van der Waals surface area contributed by atoms with Gasteiger partial charge in [0.25, 0.3) is 0 Å². The van der Waals surface area contributed by atoms with Crippen molar-refractivity contribution in [1.29, 1.82) is 5.26 Å². The number of nitrogens with one attached hydrogen (secondary N) is 1.